The smallest absolute Gasteiger partial charge is 0.231 e. The topological polar surface area (TPSA) is 35.5 Å². The van der Waals surface area contributed by atoms with Gasteiger partial charge in [-0.05, 0) is 6.07 Å². The number of fused-ring (bicyclic) bond motifs is 1. The molecule has 1 aliphatic heterocycles. The van der Waals surface area contributed by atoms with Gasteiger partial charge < -0.3 is 9.47 Å². The fraction of sp³-hybridized carbons (Fsp3) is 0.182. The lowest BCUT2D eigenvalue weighted by molar-refractivity contribution is 0.112. The largest absolute Gasteiger partial charge is 0.454 e. The van der Waals surface area contributed by atoms with E-state index in [2.05, 4.69) is 27.8 Å². The highest BCUT2D eigenvalue weighted by Gasteiger charge is 2.15. The molecular formula is C11H7BrO3. The van der Waals surface area contributed by atoms with Crippen LogP contribution in [0.2, 0.25) is 0 Å². The van der Waals surface area contributed by atoms with Crippen LogP contribution in [0.25, 0.3) is 0 Å². The van der Waals surface area contributed by atoms with Gasteiger partial charge in [-0.2, -0.15) is 0 Å². The Morgan fingerprint density at radius 2 is 2.13 bits per heavy atom. The number of hydrogen-bond acceptors (Lipinski definition) is 3. The normalized spacial score (nSPS) is 11.8. The molecule has 0 bridgehead atoms. The summed E-state index contributed by atoms with van der Waals surface area (Å²) >= 11 is 3.20. The number of benzene rings is 1. The third kappa shape index (κ3) is 1.97. The van der Waals surface area contributed by atoms with Gasteiger partial charge in [-0.3, -0.25) is 4.79 Å². The lowest BCUT2D eigenvalue weighted by Crippen LogP contribution is -1.92. The first-order valence-electron chi connectivity index (χ1n) is 4.29. The minimum absolute atomic E-state index is 0.197. The van der Waals surface area contributed by atoms with Crippen molar-refractivity contribution in [1.29, 1.82) is 0 Å². The number of alkyl halides is 1. The SMILES string of the molecule is O=Cc1cc2c(cc1C#CCBr)OCO2. The molecule has 1 aromatic rings. The summed E-state index contributed by atoms with van der Waals surface area (Å²) in [6.07, 6.45) is 0.764. The van der Waals surface area contributed by atoms with Crippen molar-refractivity contribution < 1.29 is 14.3 Å². The van der Waals surface area contributed by atoms with Crippen LogP contribution in [-0.4, -0.2) is 18.4 Å². The van der Waals surface area contributed by atoms with E-state index in [1.165, 1.54) is 0 Å². The second kappa shape index (κ2) is 4.37. The summed E-state index contributed by atoms with van der Waals surface area (Å²) in [5.41, 5.74) is 1.18. The lowest BCUT2D eigenvalue weighted by atomic mass is 10.1. The zero-order chi connectivity index (χ0) is 10.7. The molecular weight excluding hydrogens is 260 g/mol. The van der Waals surface area contributed by atoms with E-state index in [0.717, 1.165) is 6.29 Å². The molecule has 1 aromatic carbocycles. The molecule has 0 amide bonds. The summed E-state index contributed by atoms with van der Waals surface area (Å²) < 4.78 is 10.4. The molecule has 0 saturated carbocycles. The Balaban J connectivity index is 2.48. The Kier molecular flexibility index (Phi) is 2.93. The van der Waals surface area contributed by atoms with Gasteiger partial charge in [0.1, 0.15) is 0 Å². The number of ether oxygens (including phenoxy) is 2. The molecule has 0 fully saturated rings. The van der Waals surface area contributed by atoms with Crippen molar-refractivity contribution in [3.63, 3.8) is 0 Å². The number of hydrogen-bond donors (Lipinski definition) is 0. The minimum Gasteiger partial charge on any atom is -0.454 e. The first-order valence-corrected chi connectivity index (χ1v) is 5.41. The third-order valence-electron chi connectivity index (χ3n) is 1.96. The maximum absolute atomic E-state index is 10.8. The van der Waals surface area contributed by atoms with Crippen molar-refractivity contribution in [2.75, 3.05) is 12.1 Å². The van der Waals surface area contributed by atoms with Crippen LogP contribution in [0.1, 0.15) is 15.9 Å². The van der Waals surface area contributed by atoms with Crippen LogP contribution in [0.4, 0.5) is 0 Å². The van der Waals surface area contributed by atoms with E-state index in [1.54, 1.807) is 12.1 Å². The van der Waals surface area contributed by atoms with Crippen molar-refractivity contribution in [2.45, 2.75) is 0 Å². The molecule has 0 aliphatic carbocycles. The Morgan fingerprint density at radius 3 is 2.80 bits per heavy atom. The molecule has 0 spiro atoms. The quantitative estimate of drug-likeness (QED) is 0.443. The lowest BCUT2D eigenvalue weighted by Gasteiger charge is -1.99. The van der Waals surface area contributed by atoms with E-state index < -0.39 is 0 Å². The molecule has 0 aromatic heterocycles. The van der Waals surface area contributed by atoms with Crippen LogP contribution in [-0.2, 0) is 0 Å². The highest BCUT2D eigenvalue weighted by molar-refractivity contribution is 9.09. The zero-order valence-electron chi connectivity index (χ0n) is 7.75. The maximum atomic E-state index is 10.8. The molecule has 1 heterocycles. The molecule has 15 heavy (non-hydrogen) atoms. The summed E-state index contributed by atoms with van der Waals surface area (Å²) in [5, 5.41) is 0.569. The first kappa shape index (κ1) is 10.1. The Morgan fingerprint density at radius 1 is 1.40 bits per heavy atom. The van der Waals surface area contributed by atoms with Gasteiger partial charge in [0, 0.05) is 17.2 Å². The summed E-state index contributed by atoms with van der Waals surface area (Å²) in [6, 6.07) is 3.37. The van der Waals surface area contributed by atoms with Gasteiger partial charge >= 0.3 is 0 Å². The van der Waals surface area contributed by atoms with Crippen LogP contribution in [0.3, 0.4) is 0 Å². The van der Waals surface area contributed by atoms with Gasteiger partial charge in [0.25, 0.3) is 0 Å². The van der Waals surface area contributed by atoms with E-state index >= 15 is 0 Å². The number of aldehydes is 1. The number of halogens is 1. The van der Waals surface area contributed by atoms with Crippen molar-refractivity contribution >= 4 is 22.2 Å². The number of rotatable bonds is 1. The van der Waals surface area contributed by atoms with Crippen LogP contribution in [0.5, 0.6) is 11.5 Å². The fourth-order valence-corrected chi connectivity index (χ4v) is 1.43. The van der Waals surface area contributed by atoms with E-state index in [0.29, 0.717) is 28.0 Å². The van der Waals surface area contributed by atoms with Crippen LogP contribution in [0, 0.1) is 11.8 Å². The van der Waals surface area contributed by atoms with Gasteiger partial charge in [-0.15, -0.1) is 0 Å². The number of carbonyl (C=O) groups excluding carboxylic acids is 1. The van der Waals surface area contributed by atoms with Crippen molar-refractivity contribution in [3.05, 3.63) is 23.3 Å². The third-order valence-corrected chi connectivity index (χ3v) is 2.24. The van der Waals surface area contributed by atoms with Crippen molar-refractivity contribution in [3.8, 4) is 23.3 Å². The van der Waals surface area contributed by atoms with E-state index in [-0.39, 0.29) is 6.79 Å². The van der Waals surface area contributed by atoms with Crippen LogP contribution >= 0.6 is 15.9 Å². The highest BCUT2D eigenvalue weighted by Crippen LogP contribution is 2.34. The molecule has 0 atom stereocenters. The van der Waals surface area contributed by atoms with Gasteiger partial charge in [0.05, 0.1) is 5.33 Å². The summed E-state index contributed by atoms with van der Waals surface area (Å²) in [5.74, 6) is 6.96. The standard InChI is InChI=1S/C11H7BrO3/c12-3-1-2-8-4-10-11(15-7-14-10)5-9(8)6-13/h4-6H,3,7H2. The second-order valence-corrected chi connectivity index (χ2v) is 3.41. The predicted octanol–water partition coefficient (Wildman–Crippen LogP) is 1.97. The molecule has 0 unspecified atom stereocenters. The first-order chi connectivity index (χ1) is 7.35. The average molecular weight is 267 g/mol. The highest BCUT2D eigenvalue weighted by atomic mass is 79.9. The zero-order valence-corrected chi connectivity index (χ0v) is 9.33. The molecule has 4 heteroatoms. The Bertz CT molecular complexity index is 457. The molecule has 0 saturated heterocycles. The predicted molar refractivity (Wildman–Crippen MR) is 58.6 cm³/mol. The fourth-order valence-electron chi connectivity index (χ4n) is 1.29. The van der Waals surface area contributed by atoms with Crippen molar-refractivity contribution in [2.24, 2.45) is 0 Å². The van der Waals surface area contributed by atoms with Crippen molar-refractivity contribution in [1.82, 2.24) is 0 Å². The molecule has 2 rings (SSSR count). The molecule has 76 valence electrons. The maximum Gasteiger partial charge on any atom is 0.231 e. The summed E-state index contributed by atoms with van der Waals surface area (Å²) in [7, 11) is 0. The minimum atomic E-state index is 0.197. The summed E-state index contributed by atoms with van der Waals surface area (Å²) in [4.78, 5) is 10.8. The van der Waals surface area contributed by atoms with E-state index in [9.17, 15) is 4.79 Å². The Hall–Kier alpha value is -1.47. The van der Waals surface area contributed by atoms with Gasteiger partial charge in [-0.1, -0.05) is 27.8 Å². The molecule has 3 nitrogen and oxygen atoms in total. The Labute approximate surface area is 95.5 Å². The average Bonchev–Trinajstić information content (AvgIpc) is 2.71. The second-order valence-electron chi connectivity index (χ2n) is 2.85. The van der Waals surface area contributed by atoms with Gasteiger partial charge in [0.15, 0.2) is 17.8 Å². The molecule has 1 aliphatic rings. The van der Waals surface area contributed by atoms with Gasteiger partial charge in [-0.25, -0.2) is 0 Å². The molecule has 0 radical (unpaired) electrons. The summed E-state index contributed by atoms with van der Waals surface area (Å²) in [6.45, 7) is 0.197. The van der Waals surface area contributed by atoms with Gasteiger partial charge in [0.2, 0.25) is 6.79 Å². The monoisotopic (exact) mass is 266 g/mol. The number of carbonyl (C=O) groups is 1. The molecule has 0 N–H and O–H groups in total. The van der Waals surface area contributed by atoms with Crippen LogP contribution < -0.4 is 9.47 Å². The van der Waals surface area contributed by atoms with E-state index in [1.807, 2.05) is 0 Å². The van der Waals surface area contributed by atoms with Crippen LogP contribution in [0.15, 0.2) is 12.1 Å². The van der Waals surface area contributed by atoms with E-state index in [4.69, 9.17) is 9.47 Å².